The lowest BCUT2D eigenvalue weighted by Gasteiger charge is -2.43. The Labute approximate surface area is 220 Å². The quantitative estimate of drug-likeness (QED) is 0.443. The number of nitrogens with one attached hydrogen (secondary N) is 2. The van der Waals surface area contributed by atoms with Crippen molar-refractivity contribution in [1.29, 1.82) is 0 Å². The van der Waals surface area contributed by atoms with Crippen LogP contribution in [0, 0.1) is 6.92 Å². The van der Waals surface area contributed by atoms with Gasteiger partial charge in [-0.2, -0.15) is 12.6 Å². The number of thiol groups is 1. The molecule has 2 unspecified atom stereocenters. The minimum atomic E-state index is -0.990. The van der Waals surface area contributed by atoms with Crippen LogP contribution in [-0.4, -0.2) is 45.7 Å². The highest BCUT2D eigenvalue weighted by molar-refractivity contribution is 7.80. The first-order valence-electron chi connectivity index (χ1n) is 12.1. The number of alkyl carbamates (subject to hydrolysis) is 1. The minimum absolute atomic E-state index is 0.0385. The molecule has 2 rings (SSSR count). The molecule has 2 atom stereocenters. The van der Waals surface area contributed by atoms with Gasteiger partial charge in [-0.1, -0.05) is 54.6 Å². The molecule has 0 spiro atoms. The summed E-state index contributed by atoms with van der Waals surface area (Å²) >= 11 is 4.33. The summed E-state index contributed by atoms with van der Waals surface area (Å²) in [6.45, 7) is 13.1. The summed E-state index contributed by atoms with van der Waals surface area (Å²) in [6.07, 6.45) is -0.718. The molecule has 0 bridgehead atoms. The first-order valence-corrected chi connectivity index (χ1v) is 12.7. The van der Waals surface area contributed by atoms with E-state index in [1.165, 1.54) is 4.90 Å². The Morgan fingerprint density at radius 2 is 1.53 bits per heavy atom. The van der Waals surface area contributed by atoms with Gasteiger partial charge in [-0.05, 0) is 65.2 Å². The number of amides is 3. The largest absolute Gasteiger partial charge is 0.444 e. The Morgan fingerprint density at radius 1 is 0.944 bits per heavy atom. The molecule has 36 heavy (non-hydrogen) atoms. The first kappa shape index (κ1) is 29.2. The molecule has 196 valence electrons. The third-order valence-electron chi connectivity index (χ3n) is 5.43. The minimum Gasteiger partial charge on any atom is -0.444 e. The number of nitrogens with zero attached hydrogens (tertiary/aromatic N) is 1. The van der Waals surface area contributed by atoms with Crippen LogP contribution in [0.5, 0.6) is 0 Å². The van der Waals surface area contributed by atoms with E-state index in [2.05, 4.69) is 23.3 Å². The van der Waals surface area contributed by atoms with E-state index in [4.69, 9.17) is 4.74 Å². The van der Waals surface area contributed by atoms with Crippen LogP contribution in [0.15, 0.2) is 54.6 Å². The molecule has 8 heteroatoms. The summed E-state index contributed by atoms with van der Waals surface area (Å²) in [5.74, 6) is -0.699. The number of rotatable bonds is 8. The highest BCUT2D eigenvalue weighted by atomic mass is 32.1. The average molecular weight is 514 g/mol. The topological polar surface area (TPSA) is 87.7 Å². The Balaban J connectivity index is 2.46. The molecule has 2 aromatic carbocycles. The fraction of sp³-hybridized carbons (Fsp3) is 0.464. The lowest BCUT2D eigenvalue weighted by molar-refractivity contribution is -0.148. The Bertz CT molecular complexity index is 1040. The van der Waals surface area contributed by atoms with Crippen molar-refractivity contribution in [1.82, 2.24) is 15.5 Å². The molecule has 0 aliphatic carbocycles. The zero-order valence-corrected chi connectivity index (χ0v) is 23.2. The Kier molecular flexibility index (Phi) is 9.99. The highest BCUT2D eigenvalue weighted by Gasteiger charge is 2.42. The zero-order valence-electron chi connectivity index (χ0n) is 22.3. The van der Waals surface area contributed by atoms with E-state index in [9.17, 15) is 14.4 Å². The van der Waals surface area contributed by atoms with Gasteiger partial charge in [-0.15, -0.1) is 0 Å². The standard InChI is InChI=1S/C28H39N3O4S/c1-19-13-11-12-16-21(19)23(24(32)29-17-20-14-9-8-10-15-20)31(27(2,3)4)25(33)22(18-36)30-26(34)35-28(5,6)7/h8-16,22-23,36H,17-18H2,1-7H3,(H,29,32)(H,30,34). The molecule has 3 amide bonds. The number of ether oxygens (including phenoxy) is 1. The maximum atomic E-state index is 14.0. The van der Waals surface area contributed by atoms with Crippen LogP contribution >= 0.6 is 12.6 Å². The Hall–Kier alpha value is -3.00. The molecule has 7 nitrogen and oxygen atoms in total. The normalized spacial score (nSPS) is 13.3. The fourth-order valence-corrected chi connectivity index (χ4v) is 4.07. The van der Waals surface area contributed by atoms with Gasteiger partial charge in [-0.25, -0.2) is 4.79 Å². The summed E-state index contributed by atoms with van der Waals surface area (Å²) in [5.41, 5.74) is 1.05. The third kappa shape index (κ3) is 8.29. The lowest BCUT2D eigenvalue weighted by atomic mass is 9.93. The van der Waals surface area contributed by atoms with Crippen molar-refractivity contribution in [3.8, 4) is 0 Å². The SMILES string of the molecule is Cc1ccccc1C(C(=O)NCc1ccccc1)N(C(=O)C(CS)NC(=O)OC(C)(C)C)C(C)(C)C. The van der Waals surface area contributed by atoms with Crippen LogP contribution < -0.4 is 10.6 Å². The molecule has 0 aromatic heterocycles. The fourth-order valence-electron chi connectivity index (χ4n) is 3.82. The van der Waals surface area contributed by atoms with Gasteiger partial charge in [0.15, 0.2) is 0 Å². The van der Waals surface area contributed by atoms with Crippen molar-refractivity contribution in [2.45, 2.75) is 78.2 Å². The predicted octanol–water partition coefficient (Wildman–Crippen LogP) is 4.80. The summed E-state index contributed by atoms with van der Waals surface area (Å²) < 4.78 is 5.35. The van der Waals surface area contributed by atoms with Crippen molar-refractivity contribution in [2.75, 3.05) is 5.75 Å². The van der Waals surface area contributed by atoms with E-state index in [-0.39, 0.29) is 11.7 Å². The first-order chi connectivity index (χ1) is 16.7. The molecule has 0 saturated carbocycles. The monoisotopic (exact) mass is 513 g/mol. The van der Waals surface area contributed by atoms with Gasteiger partial charge >= 0.3 is 6.09 Å². The van der Waals surface area contributed by atoms with Gasteiger partial charge in [0.1, 0.15) is 17.7 Å². The van der Waals surface area contributed by atoms with E-state index < -0.39 is 35.2 Å². The smallest absolute Gasteiger partial charge is 0.408 e. The number of carbonyl (C=O) groups is 3. The van der Waals surface area contributed by atoms with Crippen LogP contribution in [0.2, 0.25) is 0 Å². The van der Waals surface area contributed by atoms with E-state index in [1.807, 2.05) is 82.3 Å². The predicted molar refractivity (Wildman–Crippen MR) is 146 cm³/mol. The second kappa shape index (κ2) is 12.3. The maximum Gasteiger partial charge on any atom is 0.408 e. The maximum absolute atomic E-state index is 14.0. The van der Waals surface area contributed by atoms with Crippen LogP contribution in [-0.2, 0) is 20.9 Å². The molecule has 0 aliphatic rings. The zero-order chi connectivity index (χ0) is 27.1. The molecular weight excluding hydrogens is 474 g/mol. The van der Waals surface area contributed by atoms with Gasteiger partial charge in [0.2, 0.25) is 11.8 Å². The second-order valence-electron chi connectivity index (χ2n) is 10.7. The van der Waals surface area contributed by atoms with E-state index in [0.717, 1.165) is 11.1 Å². The molecule has 2 aromatic rings. The second-order valence-corrected chi connectivity index (χ2v) is 11.1. The van der Waals surface area contributed by atoms with Crippen LogP contribution in [0.3, 0.4) is 0 Å². The van der Waals surface area contributed by atoms with Crippen LogP contribution in [0.25, 0.3) is 0 Å². The summed E-state index contributed by atoms with van der Waals surface area (Å²) in [7, 11) is 0. The molecular formula is C28H39N3O4S. The summed E-state index contributed by atoms with van der Waals surface area (Å²) in [4.78, 5) is 41.7. The Morgan fingerprint density at radius 3 is 2.06 bits per heavy atom. The molecule has 0 heterocycles. The number of hydrogen-bond acceptors (Lipinski definition) is 5. The molecule has 0 fully saturated rings. The van der Waals surface area contributed by atoms with Gasteiger partial charge in [0, 0.05) is 17.8 Å². The molecule has 0 aliphatic heterocycles. The number of aryl methyl sites for hydroxylation is 1. The van der Waals surface area contributed by atoms with Gasteiger partial charge in [0.05, 0.1) is 0 Å². The summed E-state index contributed by atoms with van der Waals surface area (Å²) in [6, 6.07) is 15.2. The third-order valence-corrected chi connectivity index (χ3v) is 5.80. The van der Waals surface area contributed by atoms with Crippen molar-refractivity contribution in [3.63, 3.8) is 0 Å². The van der Waals surface area contributed by atoms with Crippen molar-refractivity contribution in [3.05, 3.63) is 71.3 Å². The van der Waals surface area contributed by atoms with E-state index >= 15 is 0 Å². The van der Waals surface area contributed by atoms with Gasteiger partial charge in [0.25, 0.3) is 0 Å². The highest BCUT2D eigenvalue weighted by Crippen LogP contribution is 2.32. The van der Waals surface area contributed by atoms with Crippen molar-refractivity contribution < 1.29 is 19.1 Å². The van der Waals surface area contributed by atoms with Crippen molar-refractivity contribution >= 4 is 30.5 Å². The number of hydrogen-bond donors (Lipinski definition) is 3. The van der Waals surface area contributed by atoms with Crippen LogP contribution in [0.4, 0.5) is 4.79 Å². The number of benzene rings is 2. The number of carbonyl (C=O) groups excluding carboxylic acids is 3. The van der Waals surface area contributed by atoms with Gasteiger partial charge in [-0.3, -0.25) is 9.59 Å². The molecule has 0 radical (unpaired) electrons. The molecule has 0 saturated heterocycles. The van der Waals surface area contributed by atoms with Gasteiger partial charge < -0.3 is 20.3 Å². The molecule has 2 N–H and O–H groups in total. The van der Waals surface area contributed by atoms with E-state index in [0.29, 0.717) is 12.1 Å². The lowest BCUT2D eigenvalue weighted by Crippen LogP contribution is -2.59. The van der Waals surface area contributed by atoms with E-state index in [1.54, 1.807) is 20.8 Å². The van der Waals surface area contributed by atoms with Crippen LogP contribution in [0.1, 0.15) is 64.3 Å². The summed E-state index contributed by atoms with van der Waals surface area (Å²) in [5, 5.41) is 5.63. The van der Waals surface area contributed by atoms with Crippen molar-refractivity contribution in [2.24, 2.45) is 0 Å². The average Bonchev–Trinajstić information content (AvgIpc) is 2.78.